The topological polar surface area (TPSA) is 63.0 Å². The maximum absolute atomic E-state index is 12.6. The fourth-order valence-corrected chi connectivity index (χ4v) is 1.70. The van der Waals surface area contributed by atoms with Gasteiger partial charge in [-0.25, -0.2) is 4.98 Å². The summed E-state index contributed by atoms with van der Waals surface area (Å²) in [5.74, 6) is 0. The predicted molar refractivity (Wildman–Crippen MR) is 56.1 cm³/mol. The lowest BCUT2D eigenvalue weighted by Gasteiger charge is -2.06. The van der Waals surface area contributed by atoms with Crippen molar-refractivity contribution < 1.29 is 13.2 Å². The van der Waals surface area contributed by atoms with Gasteiger partial charge in [-0.1, -0.05) is 0 Å². The van der Waals surface area contributed by atoms with Crippen molar-refractivity contribution >= 4 is 16.7 Å². The molecule has 0 saturated heterocycles. The molecule has 0 aromatic carbocycles. The zero-order valence-electron chi connectivity index (χ0n) is 8.69. The highest BCUT2D eigenvalue weighted by atomic mass is 19.4. The number of nitrogens with zero attached hydrogens (tertiary/aromatic N) is 3. The minimum Gasteiger partial charge on any atom is -0.306 e. The van der Waals surface area contributed by atoms with E-state index in [4.69, 9.17) is 0 Å². The van der Waals surface area contributed by atoms with E-state index in [-0.39, 0.29) is 11.0 Å². The summed E-state index contributed by atoms with van der Waals surface area (Å²) in [5, 5.41) is 3.88. The van der Waals surface area contributed by atoms with Crippen LogP contribution in [0.2, 0.25) is 0 Å². The third-order valence-corrected chi connectivity index (χ3v) is 2.50. The van der Waals surface area contributed by atoms with Gasteiger partial charge in [0.2, 0.25) is 0 Å². The molecule has 0 fully saturated rings. The highest BCUT2D eigenvalue weighted by Gasteiger charge is 2.32. The van der Waals surface area contributed by atoms with E-state index >= 15 is 0 Å². The molecule has 0 bridgehead atoms. The summed E-state index contributed by atoms with van der Waals surface area (Å²) >= 11 is 0. The van der Waals surface area contributed by atoms with Gasteiger partial charge in [0.25, 0.3) is 5.56 Å². The Kier molecular flexibility index (Phi) is 1.98. The van der Waals surface area contributed by atoms with Gasteiger partial charge in [0.15, 0.2) is 5.65 Å². The molecule has 0 unspecified atom stereocenters. The van der Waals surface area contributed by atoms with Gasteiger partial charge in [-0.2, -0.15) is 22.8 Å². The molecule has 0 aliphatic rings. The third-order valence-electron chi connectivity index (χ3n) is 2.50. The lowest BCUT2D eigenvalue weighted by Crippen LogP contribution is -2.14. The highest BCUT2D eigenvalue weighted by Crippen LogP contribution is 2.28. The Morgan fingerprint density at radius 2 is 2.00 bits per heavy atom. The van der Waals surface area contributed by atoms with Crippen LogP contribution < -0.4 is 5.56 Å². The van der Waals surface area contributed by atoms with E-state index in [1.54, 1.807) is 0 Å². The van der Waals surface area contributed by atoms with Gasteiger partial charge in [-0.3, -0.25) is 4.79 Å². The van der Waals surface area contributed by atoms with Crippen molar-refractivity contribution in [3.05, 3.63) is 40.4 Å². The number of hydrogen-bond acceptors (Lipinski definition) is 3. The largest absolute Gasteiger partial charge is 0.433 e. The fraction of sp³-hybridized carbons (Fsp3) is 0.100. The van der Waals surface area contributed by atoms with Crippen LogP contribution in [0.5, 0.6) is 0 Å². The molecule has 3 rings (SSSR count). The summed E-state index contributed by atoms with van der Waals surface area (Å²) < 4.78 is 38.9. The monoisotopic (exact) mass is 254 g/mol. The van der Waals surface area contributed by atoms with Crippen LogP contribution in [-0.2, 0) is 6.18 Å². The van der Waals surface area contributed by atoms with Gasteiger partial charge >= 0.3 is 6.18 Å². The number of rotatable bonds is 0. The van der Waals surface area contributed by atoms with Crippen molar-refractivity contribution in [2.24, 2.45) is 0 Å². The second kappa shape index (κ2) is 3.31. The summed E-state index contributed by atoms with van der Waals surface area (Å²) in [6, 6.07) is 3.33. The Bertz CT molecular complexity index is 802. The Morgan fingerprint density at radius 3 is 2.72 bits per heavy atom. The van der Waals surface area contributed by atoms with Gasteiger partial charge in [-0.15, -0.1) is 0 Å². The molecule has 1 N–H and O–H groups in total. The summed E-state index contributed by atoms with van der Waals surface area (Å²) in [7, 11) is 0. The second-order valence-electron chi connectivity index (χ2n) is 3.65. The van der Waals surface area contributed by atoms with Gasteiger partial charge in [0.1, 0.15) is 11.3 Å². The SMILES string of the molecule is O=c1[nH]c2ccnn2c2nc(C(F)(F)F)ccc12. The molecular formula is C10H5F3N4O. The van der Waals surface area contributed by atoms with Crippen LogP contribution in [-0.4, -0.2) is 19.6 Å². The molecule has 0 spiro atoms. The molecule has 92 valence electrons. The number of pyridine rings is 1. The predicted octanol–water partition coefficient (Wildman–Crippen LogP) is 1.59. The molecule has 18 heavy (non-hydrogen) atoms. The van der Waals surface area contributed by atoms with Crippen LogP contribution in [0.4, 0.5) is 13.2 Å². The quantitative estimate of drug-likeness (QED) is 0.662. The normalized spacial score (nSPS) is 12.4. The van der Waals surface area contributed by atoms with E-state index in [0.717, 1.165) is 16.6 Å². The Morgan fingerprint density at radius 1 is 1.22 bits per heavy atom. The van der Waals surface area contributed by atoms with Gasteiger partial charge < -0.3 is 4.98 Å². The zero-order valence-corrected chi connectivity index (χ0v) is 8.69. The molecule has 3 heterocycles. The van der Waals surface area contributed by atoms with Crippen LogP contribution in [0.25, 0.3) is 16.7 Å². The number of aromatic amines is 1. The summed E-state index contributed by atoms with van der Waals surface area (Å²) in [6.45, 7) is 0. The standard InChI is InChI=1S/C10H5F3N4O/c11-10(12,13)6-2-1-5-8(15-6)17-7(3-4-14-17)16-9(5)18/h1-4H,(H,16,18). The first-order valence-corrected chi connectivity index (χ1v) is 4.91. The molecule has 8 heteroatoms. The van der Waals surface area contributed by atoms with E-state index in [1.165, 1.54) is 12.3 Å². The highest BCUT2D eigenvalue weighted by molar-refractivity contribution is 5.76. The number of halogens is 3. The molecule has 3 aromatic heterocycles. The first-order chi connectivity index (χ1) is 8.47. The average Bonchev–Trinajstić information content (AvgIpc) is 2.75. The zero-order chi connectivity index (χ0) is 12.9. The maximum Gasteiger partial charge on any atom is 0.433 e. The van der Waals surface area contributed by atoms with Crippen molar-refractivity contribution in [3.63, 3.8) is 0 Å². The maximum atomic E-state index is 12.6. The molecule has 3 aromatic rings. The van der Waals surface area contributed by atoms with E-state index in [2.05, 4.69) is 15.1 Å². The van der Waals surface area contributed by atoms with Crippen LogP contribution in [0.3, 0.4) is 0 Å². The minimum atomic E-state index is -4.56. The van der Waals surface area contributed by atoms with Crippen LogP contribution in [0, 0.1) is 0 Å². The summed E-state index contributed by atoms with van der Waals surface area (Å²) in [6.07, 6.45) is -3.19. The first kappa shape index (κ1) is 10.8. The van der Waals surface area contributed by atoms with Gasteiger partial charge in [0, 0.05) is 6.07 Å². The first-order valence-electron chi connectivity index (χ1n) is 4.91. The van der Waals surface area contributed by atoms with E-state index < -0.39 is 17.4 Å². The number of aromatic nitrogens is 4. The molecule has 0 atom stereocenters. The van der Waals surface area contributed by atoms with Crippen molar-refractivity contribution in [2.45, 2.75) is 6.18 Å². The van der Waals surface area contributed by atoms with Gasteiger partial charge in [-0.05, 0) is 12.1 Å². The molecule has 0 saturated carbocycles. The number of hydrogen-bond donors (Lipinski definition) is 1. The molecule has 0 amide bonds. The summed E-state index contributed by atoms with van der Waals surface area (Å²) in [5.41, 5.74) is -1.38. The molecule has 0 radical (unpaired) electrons. The molecule has 0 aliphatic heterocycles. The van der Waals surface area contributed by atoms with Crippen molar-refractivity contribution in [2.75, 3.05) is 0 Å². The lowest BCUT2D eigenvalue weighted by atomic mass is 10.3. The average molecular weight is 254 g/mol. The lowest BCUT2D eigenvalue weighted by molar-refractivity contribution is -0.141. The van der Waals surface area contributed by atoms with E-state index in [0.29, 0.717) is 5.65 Å². The number of fused-ring (bicyclic) bond motifs is 3. The van der Waals surface area contributed by atoms with Crippen LogP contribution in [0.1, 0.15) is 5.69 Å². The number of H-pyrrole nitrogens is 1. The van der Waals surface area contributed by atoms with E-state index in [9.17, 15) is 18.0 Å². The van der Waals surface area contributed by atoms with Crippen molar-refractivity contribution in [1.29, 1.82) is 0 Å². The molecular weight excluding hydrogens is 249 g/mol. The third kappa shape index (κ3) is 1.45. The van der Waals surface area contributed by atoms with Crippen LogP contribution >= 0.6 is 0 Å². The number of nitrogens with one attached hydrogen (secondary N) is 1. The fourth-order valence-electron chi connectivity index (χ4n) is 1.70. The van der Waals surface area contributed by atoms with Gasteiger partial charge in [0.05, 0.1) is 11.6 Å². The minimum absolute atomic E-state index is 0.0548. The molecule has 0 aliphatic carbocycles. The molecule has 5 nitrogen and oxygen atoms in total. The second-order valence-corrected chi connectivity index (χ2v) is 3.65. The van der Waals surface area contributed by atoms with Crippen LogP contribution in [0.15, 0.2) is 29.2 Å². The van der Waals surface area contributed by atoms with Crippen molar-refractivity contribution in [1.82, 2.24) is 19.6 Å². The Balaban J connectivity index is 2.48. The van der Waals surface area contributed by atoms with E-state index in [1.807, 2.05) is 0 Å². The Labute approximate surface area is 96.9 Å². The smallest absolute Gasteiger partial charge is 0.306 e. The van der Waals surface area contributed by atoms with Crippen molar-refractivity contribution in [3.8, 4) is 0 Å². The Hall–Kier alpha value is -2.38. The number of alkyl halides is 3. The summed E-state index contributed by atoms with van der Waals surface area (Å²) in [4.78, 5) is 17.6.